The van der Waals surface area contributed by atoms with Crippen molar-refractivity contribution in [2.75, 3.05) is 23.3 Å². The molecule has 0 atom stereocenters. The van der Waals surface area contributed by atoms with Crippen LogP contribution >= 0.6 is 23.2 Å². The van der Waals surface area contributed by atoms with Gasteiger partial charge in [-0.2, -0.15) is 5.26 Å². The Bertz CT molecular complexity index is 1030. The van der Waals surface area contributed by atoms with Crippen LogP contribution in [0.4, 0.5) is 17.2 Å². The molecule has 1 heterocycles. The Labute approximate surface area is 167 Å². The predicted molar refractivity (Wildman–Crippen MR) is 112 cm³/mol. The maximum absolute atomic E-state index is 9.23. The van der Waals surface area contributed by atoms with Crippen LogP contribution in [0.25, 0.3) is 11.1 Å². The fourth-order valence-electron chi connectivity index (χ4n) is 2.81. The third kappa shape index (κ3) is 4.25. The molecule has 0 bridgehead atoms. The highest BCUT2D eigenvalue weighted by Crippen LogP contribution is 2.35. The Kier molecular flexibility index (Phi) is 5.70. The largest absolute Gasteiger partial charge is 0.398 e. The third-order valence-corrected chi connectivity index (χ3v) is 4.72. The molecule has 3 aromatic rings. The fraction of sp³-hybridized carbons (Fsp3) is 0.100. The topological polar surface area (TPSA) is 101 Å². The lowest BCUT2D eigenvalue weighted by atomic mass is 10.0. The Morgan fingerprint density at radius 3 is 2.59 bits per heavy atom. The molecule has 0 fully saturated rings. The molecule has 0 aliphatic heterocycles. The molecule has 136 valence electrons. The highest BCUT2D eigenvalue weighted by atomic mass is 35.5. The first-order chi connectivity index (χ1) is 13.0. The van der Waals surface area contributed by atoms with Gasteiger partial charge in [-0.15, -0.1) is 0 Å². The average Bonchev–Trinajstić information content (AvgIpc) is 2.64. The number of nitrogen functional groups attached to an aromatic ring is 2. The van der Waals surface area contributed by atoms with Crippen LogP contribution in [-0.4, -0.2) is 11.5 Å². The molecule has 7 heteroatoms. The van der Waals surface area contributed by atoms with Gasteiger partial charge in [-0.1, -0.05) is 29.3 Å². The fourth-order valence-corrected chi connectivity index (χ4v) is 3.32. The summed E-state index contributed by atoms with van der Waals surface area (Å²) >= 11 is 12.3. The molecule has 5 nitrogen and oxygen atoms in total. The standard InChI is InChI=1S/C20H17Cl2N5/c21-13-1-3-15(18(22)9-13)16-10-14(2-4-19(16)24)26-7-5-12-6-8-27-20(25)17(12)11-23/h1-4,6,8-10,26H,5,7,24H2,(H2,25,27). The first-order valence-electron chi connectivity index (χ1n) is 8.22. The van der Waals surface area contributed by atoms with Crippen LogP contribution in [0.1, 0.15) is 11.1 Å². The van der Waals surface area contributed by atoms with E-state index in [1.165, 1.54) is 0 Å². The zero-order valence-electron chi connectivity index (χ0n) is 14.3. The van der Waals surface area contributed by atoms with Crippen LogP contribution in [0.15, 0.2) is 48.7 Å². The van der Waals surface area contributed by atoms with Gasteiger partial charge in [-0.25, -0.2) is 4.98 Å². The van der Waals surface area contributed by atoms with Crippen LogP contribution in [0.2, 0.25) is 10.0 Å². The summed E-state index contributed by atoms with van der Waals surface area (Å²) in [6.07, 6.45) is 2.24. The van der Waals surface area contributed by atoms with E-state index >= 15 is 0 Å². The van der Waals surface area contributed by atoms with Gasteiger partial charge < -0.3 is 16.8 Å². The number of nitriles is 1. The van der Waals surface area contributed by atoms with Gasteiger partial charge in [0.25, 0.3) is 0 Å². The number of nitrogens with zero attached hydrogens (tertiary/aromatic N) is 2. The maximum atomic E-state index is 9.23. The second-order valence-corrected chi connectivity index (χ2v) is 6.79. The second-order valence-electron chi connectivity index (χ2n) is 5.95. The molecule has 0 aliphatic rings. The predicted octanol–water partition coefficient (Wildman–Crippen LogP) is 4.75. The lowest BCUT2D eigenvalue weighted by molar-refractivity contribution is 1.01. The summed E-state index contributed by atoms with van der Waals surface area (Å²) in [7, 11) is 0. The quantitative estimate of drug-likeness (QED) is 0.539. The number of aromatic nitrogens is 1. The molecule has 0 amide bonds. The van der Waals surface area contributed by atoms with E-state index in [2.05, 4.69) is 16.4 Å². The van der Waals surface area contributed by atoms with E-state index in [1.807, 2.05) is 24.3 Å². The molecule has 27 heavy (non-hydrogen) atoms. The maximum Gasteiger partial charge on any atom is 0.141 e. The van der Waals surface area contributed by atoms with E-state index in [0.29, 0.717) is 34.3 Å². The third-order valence-electron chi connectivity index (χ3n) is 4.18. The van der Waals surface area contributed by atoms with Gasteiger partial charge in [0, 0.05) is 45.3 Å². The van der Waals surface area contributed by atoms with Crippen LogP contribution < -0.4 is 16.8 Å². The zero-order chi connectivity index (χ0) is 19.4. The van der Waals surface area contributed by atoms with Crippen molar-refractivity contribution in [1.82, 2.24) is 4.98 Å². The van der Waals surface area contributed by atoms with Gasteiger partial charge in [-0.05, 0) is 48.4 Å². The highest BCUT2D eigenvalue weighted by molar-refractivity contribution is 6.36. The monoisotopic (exact) mass is 397 g/mol. The second kappa shape index (κ2) is 8.17. The summed E-state index contributed by atoms with van der Waals surface area (Å²) in [4.78, 5) is 3.95. The van der Waals surface area contributed by atoms with Crippen molar-refractivity contribution in [1.29, 1.82) is 5.26 Å². The number of halogens is 2. The number of anilines is 3. The lowest BCUT2D eigenvalue weighted by Crippen LogP contribution is -2.08. The Hall–Kier alpha value is -2.94. The van der Waals surface area contributed by atoms with E-state index in [1.54, 1.807) is 24.4 Å². The normalized spacial score (nSPS) is 10.4. The molecule has 2 aromatic carbocycles. The van der Waals surface area contributed by atoms with Crippen molar-refractivity contribution in [3.8, 4) is 17.2 Å². The van der Waals surface area contributed by atoms with Crippen molar-refractivity contribution >= 4 is 40.4 Å². The number of rotatable bonds is 5. The summed E-state index contributed by atoms with van der Waals surface area (Å²) in [6, 6.07) is 14.9. The minimum Gasteiger partial charge on any atom is -0.398 e. The zero-order valence-corrected chi connectivity index (χ0v) is 15.8. The number of hydrogen-bond donors (Lipinski definition) is 3. The number of benzene rings is 2. The molecule has 0 aliphatic carbocycles. The summed E-state index contributed by atoms with van der Waals surface area (Å²) in [5.74, 6) is 0.252. The Morgan fingerprint density at radius 2 is 1.85 bits per heavy atom. The van der Waals surface area contributed by atoms with Gasteiger partial charge in [0.05, 0.1) is 5.56 Å². The van der Waals surface area contributed by atoms with Crippen molar-refractivity contribution in [3.63, 3.8) is 0 Å². The first kappa shape index (κ1) is 18.8. The highest BCUT2D eigenvalue weighted by Gasteiger charge is 2.10. The number of nitrogens with one attached hydrogen (secondary N) is 1. The number of hydrogen-bond acceptors (Lipinski definition) is 5. The minimum absolute atomic E-state index is 0.252. The summed E-state index contributed by atoms with van der Waals surface area (Å²) < 4.78 is 0. The van der Waals surface area contributed by atoms with Crippen LogP contribution in [-0.2, 0) is 6.42 Å². The molecule has 0 saturated carbocycles. The van der Waals surface area contributed by atoms with Crippen molar-refractivity contribution in [2.24, 2.45) is 0 Å². The van der Waals surface area contributed by atoms with E-state index < -0.39 is 0 Å². The van der Waals surface area contributed by atoms with Crippen LogP contribution in [0.5, 0.6) is 0 Å². The van der Waals surface area contributed by atoms with Gasteiger partial charge in [0.1, 0.15) is 11.9 Å². The van der Waals surface area contributed by atoms with Gasteiger partial charge in [0.15, 0.2) is 0 Å². The van der Waals surface area contributed by atoms with Crippen LogP contribution in [0, 0.1) is 11.3 Å². The summed E-state index contributed by atoms with van der Waals surface area (Å²) in [6.45, 7) is 0.621. The van der Waals surface area contributed by atoms with Crippen LogP contribution in [0.3, 0.4) is 0 Å². The molecule has 0 spiro atoms. The molecule has 0 saturated heterocycles. The van der Waals surface area contributed by atoms with Gasteiger partial charge in [-0.3, -0.25) is 0 Å². The van der Waals surface area contributed by atoms with E-state index in [0.717, 1.165) is 22.4 Å². The molecule has 5 N–H and O–H groups in total. The van der Waals surface area contributed by atoms with Crippen molar-refractivity contribution in [3.05, 3.63) is 69.8 Å². The Morgan fingerprint density at radius 1 is 1.04 bits per heavy atom. The van der Waals surface area contributed by atoms with Crippen molar-refractivity contribution < 1.29 is 0 Å². The molecular formula is C20H17Cl2N5. The SMILES string of the molecule is N#Cc1c(CCNc2ccc(N)c(-c3ccc(Cl)cc3Cl)c2)ccnc1N. The average molecular weight is 398 g/mol. The smallest absolute Gasteiger partial charge is 0.141 e. The van der Waals surface area contributed by atoms with E-state index in [9.17, 15) is 5.26 Å². The van der Waals surface area contributed by atoms with Gasteiger partial charge >= 0.3 is 0 Å². The first-order valence-corrected chi connectivity index (χ1v) is 8.97. The van der Waals surface area contributed by atoms with E-state index in [4.69, 9.17) is 34.7 Å². The summed E-state index contributed by atoms with van der Waals surface area (Å²) in [5, 5.41) is 13.7. The number of nitrogens with two attached hydrogens (primary N) is 2. The van der Waals surface area contributed by atoms with Crippen molar-refractivity contribution in [2.45, 2.75) is 6.42 Å². The molecule has 0 unspecified atom stereocenters. The van der Waals surface area contributed by atoms with E-state index in [-0.39, 0.29) is 5.82 Å². The number of pyridine rings is 1. The lowest BCUT2D eigenvalue weighted by Gasteiger charge is -2.13. The van der Waals surface area contributed by atoms with Gasteiger partial charge in [0.2, 0.25) is 0 Å². The molecule has 3 rings (SSSR count). The Balaban J connectivity index is 1.78. The molecule has 0 radical (unpaired) electrons. The minimum atomic E-state index is 0.252. The summed E-state index contributed by atoms with van der Waals surface area (Å²) in [5.41, 5.74) is 16.3. The molecule has 1 aromatic heterocycles. The molecular weight excluding hydrogens is 381 g/mol.